The topological polar surface area (TPSA) is 83.5 Å². The predicted octanol–water partition coefficient (Wildman–Crippen LogP) is 4.08. The van der Waals surface area contributed by atoms with Crippen molar-refractivity contribution in [2.75, 3.05) is 5.32 Å². The number of sulfonamides is 1. The molecule has 1 unspecified atom stereocenters. The Morgan fingerprint density at radius 1 is 1.13 bits per heavy atom. The summed E-state index contributed by atoms with van der Waals surface area (Å²) in [5, 5.41) is 2.92. The van der Waals surface area contributed by atoms with Crippen LogP contribution in [-0.2, 0) is 16.6 Å². The van der Waals surface area contributed by atoms with Crippen molar-refractivity contribution >= 4 is 21.7 Å². The second kappa shape index (κ2) is 8.07. The van der Waals surface area contributed by atoms with E-state index in [4.69, 9.17) is 0 Å². The van der Waals surface area contributed by atoms with Crippen molar-refractivity contribution in [3.8, 4) is 0 Å². The van der Waals surface area contributed by atoms with Crippen LogP contribution in [0.4, 0.5) is 14.5 Å². The van der Waals surface area contributed by atoms with E-state index in [-0.39, 0.29) is 28.7 Å². The summed E-state index contributed by atoms with van der Waals surface area (Å²) < 4.78 is 56.3. The van der Waals surface area contributed by atoms with E-state index in [1.807, 2.05) is 13.0 Å². The molecule has 0 saturated heterocycles. The van der Waals surface area contributed by atoms with Gasteiger partial charge >= 0.3 is 0 Å². The summed E-state index contributed by atoms with van der Waals surface area (Å²) in [6.45, 7) is 3.67. The highest BCUT2D eigenvalue weighted by atomic mass is 32.2. The average molecular weight is 442 g/mol. The first kappa shape index (κ1) is 20.9. The van der Waals surface area contributed by atoms with Gasteiger partial charge < -0.3 is 5.32 Å². The van der Waals surface area contributed by atoms with Crippen molar-refractivity contribution in [1.29, 1.82) is 0 Å². The van der Waals surface area contributed by atoms with Crippen LogP contribution < -0.4 is 10.0 Å². The molecule has 0 saturated carbocycles. The number of nitrogens with zero attached hydrogens (tertiary/aromatic N) is 2. The van der Waals surface area contributed by atoms with E-state index in [1.165, 1.54) is 18.2 Å². The fourth-order valence-electron chi connectivity index (χ4n) is 3.56. The van der Waals surface area contributed by atoms with Gasteiger partial charge in [-0.3, -0.25) is 4.98 Å². The van der Waals surface area contributed by atoms with Crippen LogP contribution in [0.1, 0.15) is 35.2 Å². The van der Waals surface area contributed by atoms with E-state index in [0.717, 1.165) is 17.3 Å². The van der Waals surface area contributed by atoms with Crippen LogP contribution in [0.5, 0.6) is 0 Å². The summed E-state index contributed by atoms with van der Waals surface area (Å²) in [6.07, 6.45) is 1.63. The molecule has 4 rings (SSSR count). The average Bonchev–Trinajstić information content (AvgIpc) is 2.71. The lowest BCUT2D eigenvalue weighted by molar-refractivity contribution is 0.586. The van der Waals surface area contributed by atoms with Crippen molar-refractivity contribution < 1.29 is 17.2 Å². The first-order valence-electron chi connectivity index (χ1n) is 9.58. The Morgan fingerprint density at radius 3 is 2.68 bits per heavy atom. The zero-order valence-corrected chi connectivity index (χ0v) is 17.7. The second-order valence-electron chi connectivity index (χ2n) is 7.31. The number of aryl methyl sites for hydroxylation is 1. The number of hydrogen-bond donors (Lipinski definition) is 2. The van der Waals surface area contributed by atoms with E-state index in [9.17, 15) is 17.2 Å². The van der Waals surface area contributed by atoms with Gasteiger partial charge in [0.2, 0.25) is 5.96 Å². The van der Waals surface area contributed by atoms with E-state index < -0.39 is 27.6 Å². The van der Waals surface area contributed by atoms with Crippen molar-refractivity contribution in [3.05, 3.63) is 88.7 Å². The van der Waals surface area contributed by atoms with Crippen LogP contribution >= 0.6 is 0 Å². The fourth-order valence-corrected chi connectivity index (χ4v) is 4.71. The molecule has 31 heavy (non-hydrogen) atoms. The van der Waals surface area contributed by atoms with Gasteiger partial charge in [0.25, 0.3) is 10.0 Å². The summed E-state index contributed by atoms with van der Waals surface area (Å²) in [6, 6.07) is 11.8. The molecule has 2 aromatic carbocycles. The van der Waals surface area contributed by atoms with Crippen LogP contribution in [0.15, 0.2) is 64.6 Å². The molecular weight excluding hydrogens is 422 g/mol. The summed E-state index contributed by atoms with van der Waals surface area (Å²) >= 11 is 0. The number of pyridine rings is 1. The number of guanidine groups is 1. The number of aliphatic imine (C=N–C) groups is 1. The van der Waals surface area contributed by atoms with E-state index >= 15 is 0 Å². The third-order valence-electron chi connectivity index (χ3n) is 5.08. The van der Waals surface area contributed by atoms with Crippen LogP contribution in [-0.4, -0.2) is 19.4 Å². The molecule has 1 atom stereocenters. The quantitative estimate of drug-likeness (QED) is 0.638. The molecule has 0 radical (unpaired) electrons. The smallest absolute Gasteiger partial charge is 0.266 e. The van der Waals surface area contributed by atoms with Crippen molar-refractivity contribution in [2.24, 2.45) is 4.99 Å². The molecule has 2 N–H and O–H groups in total. The number of fused-ring (bicyclic) bond motifs is 1. The molecule has 6 nitrogen and oxygen atoms in total. The zero-order valence-electron chi connectivity index (χ0n) is 16.9. The highest BCUT2D eigenvalue weighted by molar-refractivity contribution is 7.90. The molecule has 1 aliphatic heterocycles. The third kappa shape index (κ3) is 4.27. The molecular formula is C22H20F2N4O2S. The Bertz CT molecular complexity index is 1290. The normalized spacial score (nSPS) is 16.8. The van der Waals surface area contributed by atoms with E-state index in [0.29, 0.717) is 5.56 Å². The van der Waals surface area contributed by atoms with Gasteiger partial charge in [-0.05, 0) is 54.4 Å². The maximum Gasteiger partial charge on any atom is 0.266 e. The third-order valence-corrected chi connectivity index (χ3v) is 6.46. The number of halogens is 2. The minimum Gasteiger partial charge on any atom is -0.324 e. The van der Waals surface area contributed by atoms with E-state index in [2.05, 4.69) is 20.0 Å². The monoisotopic (exact) mass is 442 g/mol. The van der Waals surface area contributed by atoms with Gasteiger partial charge in [0.05, 0.1) is 12.2 Å². The van der Waals surface area contributed by atoms with E-state index in [1.54, 1.807) is 31.3 Å². The molecule has 0 aliphatic carbocycles. The van der Waals surface area contributed by atoms with Crippen LogP contribution in [0.3, 0.4) is 0 Å². The minimum absolute atomic E-state index is 0.0434. The molecule has 160 valence electrons. The highest BCUT2D eigenvalue weighted by Gasteiger charge is 2.32. The van der Waals surface area contributed by atoms with Crippen LogP contribution in [0.2, 0.25) is 0 Å². The molecule has 3 aromatic rings. The highest BCUT2D eigenvalue weighted by Crippen LogP contribution is 2.38. The number of anilines is 1. The van der Waals surface area contributed by atoms with Crippen LogP contribution in [0, 0.1) is 18.6 Å². The lowest BCUT2D eigenvalue weighted by Gasteiger charge is -2.26. The molecule has 1 aliphatic rings. The van der Waals surface area contributed by atoms with Gasteiger partial charge in [0, 0.05) is 23.4 Å². The molecule has 0 amide bonds. The van der Waals surface area contributed by atoms with Gasteiger partial charge in [-0.1, -0.05) is 19.1 Å². The summed E-state index contributed by atoms with van der Waals surface area (Å²) in [4.78, 5) is 8.32. The number of nitrogens with one attached hydrogen (secondary N) is 2. The number of benzene rings is 2. The zero-order chi connectivity index (χ0) is 22.2. The fraction of sp³-hybridized carbons (Fsp3) is 0.182. The number of aromatic nitrogens is 1. The maximum atomic E-state index is 14.9. The Balaban J connectivity index is 1.76. The Labute approximate surface area is 179 Å². The molecule has 0 spiro atoms. The number of hydrogen-bond acceptors (Lipinski definition) is 4. The van der Waals surface area contributed by atoms with Crippen molar-refractivity contribution in [2.45, 2.75) is 31.2 Å². The van der Waals surface area contributed by atoms with Gasteiger partial charge in [0.1, 0.15) is 16.5 Å². The SMILES string of the molecule is Cc1cc(C(C)c2c(F)ccc3c2NC(=NCc2cccc(F)c2)NS3(=O)=O)ccn1. The first-order chi connectivity index (χ1) is 14.7. The molecule has 0 fully saturated rings. The van der Waals surface area contributed by atoms with Crippen LogP contribution in [0.25, 0.3) is 0 Å². The summed E-state index contributed by atoms with van der Waals surface area (Å²) in [7, 11) is -3.96. The van der Waals surface area contributed by atoms with Gasteiger partial charge in [-0.25, -0.2) is 26.9 Å². The molecule has 1 aromatic heterocycles. The molecule has 0 bridgehead atoms. The lowest BCUT2D eigenvalue weighted by atomic mass is 9.91. The van der Waals surface area contributed by atoms with Crippen molar-refractivity contribution in [3.63, 3.8) is 0 Å². The predicted molar refractivity (Wildman–Crippen MR) is 114 cm³/mol. The Kier molecular flexibility index (Phi) is 5.45. The maximum absolute atomic E-state index is 14.9. The van der Waals surface area contributed by atoms with Crippen molar-refractivity contribution in [1.82, 2.24) is 9.71 Å². The Hall–Kier alpha value is -3.33. The summed E-state index contributed by atoms with van der Waals surface area (Å²) in [5.74, 6) is -1.44. The van der Waals surface area contributed by atoms with Gasteiger partial charge in [-0.2, -0.15) is 0 Å². The molecule has 2 heterocycles. The van der Waals surface area contributed by atoms with Gasteiger partial charge in [0.15, 0.2) is 0 Å². The molecule has 9 heteroatoms. The first-order valence-corrected chi connectivity index (χ1v) is 11.1. The Morgan fingerprint density at radius 2 is 1.94 bits per heavy atom. The van der Waals surface area contributed by atoms with Gasteiger partial charge in [-0.15, -0.1) is 0 Å². The lowest BCUT2D eigenvalue weighted by Crippen LogP contribution is -2.41. The summed E-state index contributed by atoms with van der Waals surface area (Å²) in [5.41, 5.74) is 2.50. The largest absolute Gasteiger partial charge is 0.324 e. The standard InChI is InChI=1S/C22H20F2N4O2S/c1-13-10-16(8-9-25-13)14(2)20-18(24)6-7-19-21(20)27-22(28-31(19,29)30)26-12-15-4-3-5-17(23)11-15/h3-11,14H,12H2,1-2H3,(H2,26,27,28). The number of rotatable bonds is 4. The minimum atomic E-state index is -3.96. The second-order valence-corrected chi connectivity index (χ2v) is 8.96.